The third kappa shape index (κ3) is 7.10. The smallest absolute Gasteiger partial charge is 0.0860 e. The molecule has 2 heteroatoms. The maximum absolute atomic E-state index is 5.14. The Morgan fingerprint density at radius 3 is 2.36 bits per heavy atom. The van der Waals surface area contributed by atoms with E-state index in [1.54, 1.807) is 7.11 Å². The van der Waals surface area contributed by atoms with Crippen LogP contribution >= 0.6 is 0 Å². The summed E-state index contributed by atoms with van der Waals surface area (Å²) >= 11 is 0. The summed E-state index contributed by atoms with van der Waals surface area (Å²) in [5.74, 6) is 0.699. The first-order chi connectivity index (χ1) is 6.65. The van der Waals surface area contributed by atoms with Crippen LogP contribution in [0.15, 0.2) is 12.7 Å². The molecular weight excluding hydrogens is 176 g/mol. The Morgan fingerprint density at radius 2 is 2.14 bits per heavy atom. The fraction of sp³-hybridized carbons (Fsp3) is 0.833. The molecule has 0 radical (unpaired) electrons. The fourth-order valence-electron chi connectivity index (χ4n) is 0.934. The summed E-state index contributed by atoms with van der Waals surface area (Å²) < 4.78 is 10.00. The molecule has 0 bridgehead atoms. The lowest BCUT2D eigenvalue weighted by atomic mass is 10.1. The van der Waals surface area contributed by atoms with Crippen LogP contribution in [0.25, 0.3) is 0 Å². The van der Waals surface area contributed by atoms with E-state index < -0.39 is 0 Å². The van der Waals surface area contributed by atoms with Crippen molar-refractivity contribution in [3.63, 3.8) is 0 Å². The lowest BCUT2D eigenvalue weighted by molar-refractivity contribution is 0.184. The van der Waals surface area contributed by atoms with Gasteiger partial charge in [0, 0.05) is 13.7 Å². The van der Waals surface area contributed by atoms with Crippen LogP contribution < -0.4 is 0 Å². The van der Waals surface area contributed by atoms with Crippen molar-refractivity contribution in [2.24, 2.45) is 5.92 Å². The Labute approximate surface area is 88.3 Å². The molecule has 0 aliphatic carbocycles. The van der Waals surface area contributed by atoms with Crippen molar-refractivity contribution in [2.75, 3.05) is 13.7 Å². The van der Waals surface area contributed by atoms with Gasteiger partial charge in [0.15, 0.2) is 0 Å². The summed E-state index contributed by atoms with van der Waals surface area (Å²) in [6.45, 7) is 10.9. The summed E-state index contributed by atoms with van der Waals surface area (Å²) in [6, 6.07) is 0. The number of hydrogen-bond donors (Lipinski definition) is 0. The molecule has 2 nitrogen and oxygen atoms in total. The van der Waals surface area contributed by atoms with Crippen molar-refractivity contribution in [1.82, 2.24) is 0 Å². The van der Waals surface area contributed by atoms with E-state index in [1.165, 1.54) is 6.42 Å². The second kappa shape index (κ2) is 8.01. The Bertz CT molecular complexity index is 145. The summed E-state index contributed by atoms with van der Waals surface area (Å²) in [5.41, 5.74) is 0. The Kier molecular flexibility index (Phi) is 7.81. The number of hydrogen-bond acceptors (Lipinski definition) is 2. The first-order valence-electron chi connectivity index (χ1n) is 5.42. The lowest BCUT2D eigenvalue weighted by Gasteiger charge is -1.93. The number of rotatable bonds is 5. The normalized spacial score (nSPS) is 26.0. The van der Waals surface area contributed by atoms with E-state index in [-0.39, 0.29) is 0 Å². The second-order valence-electron chi connectivity index (χ2n) is 3.78. The van der Waals surface area contributed by atoms with Crippen LogP contribution in [0.1, 0.15) is 33.6 Å². The van der Waals surface area contributed by atoms with Crippen molar-refractivity contribution in [3.05, 3.63) is 12.7 Å². The van der Waals surface area contributed by atoms with Crippen molar-refractivity contribution in [3.8, 4) is 0 Å². The SMILES string of the molecule is C=CC(C)CC.COCCC1OC1C. The van der Waals surface area contributed by atoms with E-state index >= 15 is 0 Å². The average Bonchev–Trinajstić information content (AvgIpc) is 2.91. The third-order valence-corrected chi connectivity index (χ3v) is 2.49. The van der Waals surface area contributed by atoms with E-state index in [1.807, 2.05) is 6.08 Å². The van der Waals surface area contributed by atoms with Crippen LogP contribution in [-0.2, 0) is 9.47 Å². The largest absolute Gasteiger partial charge is 0.385 e. The predicted octanol–water partition coefficient (Wildman–Crippen LogP) is 3.03. The topological polar surface area (TPSA) is 21.8 Å². The molecule has 0 saturated carbocycles. The monoisotopic (exact) mass is 200 g/mol. The molecule has 14 heavy (non-hydrogen) atoms. The van der Waals surface area contributed by atoms with Crippen LogP contribution in [0, 0.1) is 5.92 Å². The minimum absolute atomic E-state index is 0.491. The quantitative estimate of drug-likeness (QED) is 0.502. The summed E-state index contributed by atoms with van der Waals surface area (Å²) in [5, 5.41) is 0. The lowest BCUT2D eigenvalue weighted by Crippen LogP contribution is -1.95. The standard InChI is InChI=1S/C6H12O2.C6H12/c1-5-6(8-5)3-4-7-2;1-4-6(3)5-2/h5-6H,3-4H2,1-2H3;4,6H,1,5H2,2-3H3. The molecule has 0 amide bonds. The zero-order valence-electron chi connectivity index (χ0n) is 9.95. The van der Waals surface area contributed by atoms with Gasteiger partial charge in [-0.15, -0.1) is 6.58 Å². The predicted molar refractivity (Wildman–Crippen MR) is 60.5 cm³/mol. The molecule has 1 fully saturated rings. The van der Waals surface area contributed by atoms with E-state index in [9.17, 15) is 0 Å². The van der Waals surface area contributed by atoms with Crippen LogP contribution in [0.4, 0.5) is 0 Å². The van der Waals surface area contributed by atoms with Gasteiger partial charge in [-0.25, -0.2) is 0 Å². The number of methoxy groups -OCH3 is 1. The maximum atomic E-state index is 5.14. The molecule has 1 aliphatic heterocycles. The van der Waals surface area contributed by atoms with Crippen LogP contribution in [0.3, 0.4) is 0 Å². The molecule has 3 atom stereocenters. The van der Waals surface area contributed by atoms with E-state index in [4.69, 9.17) is 9.47 Å². The van der Waals surface area contributed by atoms with Gasteiger partial charge in [-0.3, -0.25) is 0 Å². The van der Waals surface area contributed by atoms with Gasteiger partial charge < -0.3 is 9.47 Å². The van der Waals surface area contributed by atoms with Gasteiger partial charge in [0.1, 0.15) is 0 Å². The van der Waals surface area contributed by atoms with Gasteiger partial charge in [-0.1, -0.05) is 26.3 Å². The minimum atomic E-state index is 0.491. The molecule has 0 spiro atoms. The summed E-state index contributed by atoms with van der Waals surface area (Å²) in [7, 11) is 1.72. The zero-order valence-corrected chi connectivity index (χ0v) is 9.95. The number of ether oxygens (including phenoxy) is 2. The van der Waals surface area contributed by atoms with Crippen LogP contribution in [0.5, 0.6) is 0 Å². The molecular formula is C12H24O2. The molecule has 0 aromatic carbocycles. The Balaban J connectivity index is 0.000000255. The molecule has 0 aromatic rings. The minimum Gasteiger partial charge on any atom is -0.385 e. The maximum Gasteiger partial charge on any atom is 0.0860 e. The molecule has 84 valence electrons. The molecule has 1 rings (SSSR count). The summed E-state index contributed by atoms with van der Waals surface area (Å²) in [4.78, 5) is 0. The molecule has 3 unspecified atom stereocenters. The van der Waals surface area contributed by atoms with Gasteiger partial charge in [-0.2, -0.15) is 0 Å². The second-order valence-corrected chi connectivity index (χ2v) is 3.78. The highest BCUT2D eigenvalue weighted by Crippen LogP contribution is 2.23. The molecule has 0 aromatic heterocycles. The van der Waals surface area contributed by atoms with Crippen molar-refractivity contribution >= 4 is 0 Å². The Hall–Kier alpha value is -0.340. The zero-order chi connectivity index (χ0) is 11.0. The van der Waals surface area contributed by atoms with Gasteiger partial charge in [0.25, 0.3) is 0 Å². The Morgan fingerprint density at radius 1 is 1.57 bits per heavy atom. The first-order valence-corrected chi connectivity index (χ1v) is 5.42. The third-order valence-electron chi connectivity index (χ3n) is 2.49. The molecule has 0 N–H and O–H groups in total. The van der Waals surface area contributed by atoms with E-state index in [0.717, 1.165) is 13.0 Å². The van der Waals surface area contributed by atoms with E-state index in [2.05, 4.69) is 27.4 Å². The number of allylic oxidation sites excluding steroid dienone is 1. The fourth-order valence-corrected chi connectivity index (χ4v) is 0.934. The molecule has 1 heterocycles. The first kappa shape index (κ1) is 13.7. The van der Waals surface area contributed by atoms with Crippen LogP contribution in [0.2, 0.25) is 0 Å². The summed E-state index contributed by atoms with van der Waals surface area (Å²) in [6.07, 6.45) is 5.22. The van der Waals surface area contributed by atoms with Gasteiger partial charge in [-0.05, 0) is 19.3 Å². The average molecular weight is 200 g/mol. The van der Waals surface area contributed by atoms with Crippen molar-refractivity contribution < 1.29 is 9.47 Å². The van der Waals surface area contributed by atoms with Crippen molar-refractivity contribution in [2.45, 2.75) is 45.8 Å². The van der Waals surface area contributed by atoms with Gasteiger partial charge in [0.2, 0.25) is 0 Å². The van der Waals surface area contributed by atoms with E-state index in [0.29, 0.717) is 18.1 Å². The van der Waals surface area contributed by atoms with Gasteiger partial charge in [0.05, 0.1) is 12.2 Å². The number of epoxide rings is 1. The van der Waals surface area contributed by atoms with Crippen LogP contribution in [-0.4, -0.2) is 25.9 Å². The van der Waals surface area contributed by atoms with Crippen molar-refractivity contribution in [1.29, 1.82) is 0 Å². The molecule has 1 saturated heterocycles. The van der Waals surface area contributed by atoms with Gasteiger partial charge >= 0.3 is 0 Å². The highest BCUT2D eigenvalue weighted by Gasteiger charge is 2.32. The molecule has 1 aliphatic rings. The highest BCUT2D eigenvalue weighted by atomic mass is 16.6. The highest BCUT2D eigenvalue weighted by molar-refractivity contribution is 4.79.